The molecule has 8 heteroatoms. The highest BCUT2D eigenvalue weighted by Gasteiger charge is 2.10. The number of H-pyrrole nitrogens is 1. The summed E-state index contributed by atoms with van der Waals surface area (Å²) in [5.41, 5.74) is 1.38. The fraction of sp³-hybridized carbons (Fsp3) is 0.143. The molecule has 2 N–H and O–H groups in total. The molecule has 0 saturated carbocycles. The molecule has 0 unspecified atom stereocenters. The van der Waals surface area contributed by atoms with Gasteiger partial charge in [-0.3, -0.25) is 19.1 Å². The number of rotatable bonds is 5. The number of benzene rings is 2. The van der Waals surface area contributed by atoms with Gasteiger partial charge in [0.1, 0.15) is 11.6 Å². The van der Waals surface area contributed by atoms with E-state index in [1.165, 1.54) is 22.8 Å². The monoisotopic (exact) mass is 391 g/mol. The zero-order chi connectivity index (χ0) is 20.4. The lowest BCUT2D eigenvalue weighted by Crippen LogP contribution is -2.26. The number of nitrogens with zero attached hydrogens (tertiary/aromatic N) is 3. The van der Waals surface area contributed by atoms with Crippen LogP contribution in [0.3, 0.4) is 0 Å². The molecule has 4 rings (SSSR count). The lowest BCUT2D eigenvalue weighted by molar-refractivity contribution is 0.627. The zero-order valence-electron chi connectivity index (χ0n) is 15.6. The van der Waals surface area contributed by atoms with Gasteiger partial charge in [-0.05, 0) is 36.8 Å². The van der Waals surface area contributed by atoms with E-state index in [9.17, 15) is 14.0 Å². The first-order chi connectivity index (χ1) is 14.0. The Morgan fingerprint density at radius 2 is 1.83 bits per heavy atom. The first kappa shape index (κ1) is 18.5. The van der Waals surface area contributed by atoms with E-state index in [4.69, 9.17) is 0 Å². The summed E-state index contributed by atoms with van der Waals surface area (Å²) in [6.07, 6.45) is 0. The molecule has 0 aliphatic carbocycles. The number of para-hydroxylation sites is 1. The summed E-state index contributed by atoms with van der Waals surface area (Å²) in [6.45, 7) is 2.23. The second kappa shape index (κ2) is 7.67. The summed E-state index contributed by atoms with van der Waals surface area (Å²) in [7, 11) is 0. The maximum atomic E-state index is 13.0. The second-order valence-electron chi connectivity index (χ2n) is 6.63. The molecular formula is C21H18FN5O2. The van der Waals surface area contributed by atoms with Crippen molar-refractivity contribution in [3.05, 3.63) is 98.2 Å². The molecule has 0 bridgehead atoms. The van der Waals surface area contributed by atoms with Crippen LogP contribution in [-0.4, -0.2) is 19.5 Å². The lowest BCUT2D eigenvalue weighted by atomic mass is 10.2. The molecule has 0 radical (unpaired) electrons. The van der Waals surface area contributed by atoms with Crippen LogP contribution in [0.5, 0.6) is 0 Å². The minimum absolute atomic E-state index is 0.123. The molecule has 2 aromatic carbocycles. The van der Waals surface area contributed by atoms with E-state index in [1.54, 1.807) is 37.3 Å². The molecule has 0 fully saturated rings. The van der Waals surface area contributed by atoms with Gasteiger partial charge in [-0.15, -0.1) is 0 Å². The highest BCUT2D eigenvalue weighted by molar-refractivity contribution is 5.77. The van der Waals surface area contributed by atoms with E-state index in [0.29, 0.717) is 29.0 Å². The Bertz CT molecular complexity index is 1300. The molecule has 7 nitrogen and oxygen atoms in total. The third-order valence-electron chi connectivity index (χ3n) is 4.54. The largest absolute Gasteiger partial charge is 0.352 e. The molecule has 2 heterocycles. The van der Waals surface area contributed by atoms with Gasteiger partial charge in [0.05, 0.1) is 23.1 Å². The molecule has 0 amide bonds. The molecule has 0 spiro atoms. The number of aromatic nitrogens is 4. The highest BCUT2D eigenvalue weighted by Crippen LogP contribution is 2.09. The van der Waals surface area contributed by atoms with Crippen molar-refractivity contribution in [3.63, 3.8) is 0 Å². The van der Waals surface area contributed by atoms with E-state index < -0.39 is 0 Å². The van der Waals surface area contributed by atoms with Crippen LogP contribution in [0, 0.1) is 12.7 Å². The van der Waals surface area contributed by atoms with Gasteiger partial charge in [-0.1, -0.05) is 24.3 Å². The number of aryl methyl sites for hydroxylation is 1. The Morgan fingerprint density at radius 3 is 2.62 bits per heavy atom. The Morgan fingerprint density at radius 1 is 1.07 bits per heavy atom. The van der Waals surface area contributed by atoms with Crippen molar-refractivity contribution in [2.45, 2.75) is 20.0 Å². The Labute approximate surface area is 164 Å². The van der Waals surface area contributed by atoms with Crippen molar-refractivity contribution >= 4 is 16.9 Å². The van der Waals surface area contributed by atoms with Crippen LogP contribution in [0.25, 0.3) is 10.9 Å². The lowest BCUT2D eigenvalue weighted by Gasteiger charge is -2.11. The second-order valence-corrected chi connectivity index (χ2v) is 6.63. The summed E-state index contributed by atoms with van der Waals surface area (Å²) < 4.78 is 14.5. The number of anilines is 1. The van der Waals surface area contributed by atoms with E-state index in [1.807, 2.05) is 6.07 Å². The van der Waals surface area contributed by atoms with E-state index in [2.05, 4.69) is 20.3 Å². The van der Waals surface area contributed by atoms with Crippen molar-refractivity contribution in [1.29, 1.82) is 0 Å². The molecule has 0 aliphatic heterocycles. The quantitative estimate of drug-likeness (QED) is 0.546. The number of nitrogens with one attached hydrogen (secondary N) is 2. The fourth-order valence-electron chi connectivity index (χ4n) is 3.09. The summed E-state index contributed by atoms with van der Waals surface area (Å²) in [4.78, 5) is 36.4. The molecule has 0 aliphatic rings. The van der Waals surface area contributed by atoms with Crippen molar-refractivity contribution in [2.24, 2.45) is 0 Å². The fourth-order valence-corrected chi connectivity index (χ4v) is 3.09. The van der Waals surface area contributed by atoms with E-state index >= 15 is 0 Å². The number of aromatic amines is 1. The predicted octanol–water partition coefficient (Wildman–Crippen LogP) is 2.59. The molecular weight excluding hydrogens is 373 g/mol. The Hall–Kier alpha value is -3.81. The first-order valence-electron chi connectivity index (χ1n) is 9.04. The minimum Gasteiger partial charge on any atom is -0.352 e. The van der Waals surface area contributed by atoms with Crippen molar-refractivity contribution in [1.82, 2.24) is 19.5 Å². The van der Waals surface area contributed by atoms with Gasteiger partial charge in [-0.25, -0.2) is 14.4 Å². The summed E-state index contributed by atoms with van der Waals surface area (Å²) in [5.74, 6) is 0.500. The van der Waals surface area contributed by atoms with Crippen LogP contribution in [0.4, 0.5) is 10.3 Å². The first-order valence-corrected chi connectivity index (χ1v) is 9.04. The van der Waals surface area contributed by atoms with Gasteiger partial charge in [0.15, 0.2) is 0 Å². The molecule has 4 aromatic rings. The normalized spacial score (nSPS) is 11.0. The summed E-state index contributed by atoms with van der Waals surface area (Å²) in [5, 5.41) is 3.53. The average molecular weight is 391 g/mol. The predicted molar refractivity (Wildman–Crippen MR) is 108 cm³/mol. The Balaban J connectivity index is 1.61. The topological polar surface area (TPSA) is 92.7 Å². The summed E-state index contributed by atoms with van der Waals surface area (Å²) >= 11 is 0. The van der Waals surface area contributed by atoms with Gasteiger partial charge >= 0.3 is 0 Å². The minimum atomic E-state index is -0.337. The van der Waals surface area contributed by atoms with Crippen LogP contribution >= 0.6 is 0 Å². The smallest absolute Gasteiger partial charge is 0.261 e. The maximum Gasteiger partial charge on any atom is 0.261 e. The van der Waals surface area contributed by atoms with E-state index in [0.717, 1.165) is 5.56 Å². The third-order valence-corrected chi connectivity index (χ3v) is 4.54. The number of halogens is 1. The molecule has 29 heavy (non-hydrogen) atoms. The van der Waals surface area contributed by atoms with Gasteiger partial charge in [0.2, 0.25) is 5.95 Å². The van der Waals surface area contributed by atoms with Crippen molar-refractivity contribution in [2.75, 3.05) is 5.32 Å². The molecule has 0 saturated heterocycles. The molecule has 0 atom stereocenters. The standard InChI is InChI=1S/C21H18FN5O2/c1-13-24-18-5-3-2-4-17(18)20(29)27(13)12-16-10-19(28)26-21(25-16)23-11-14-6-8-15(22)9-7-14/h2-10H,11-12H2,1H3,(H2,23,25,26,28). The maximum absolute atomic E-state index is 13.0. The van der Waals surface area contributed by atoms with Crippen LogP contribution in [-0.2, 0) is 13.1 Å². The van der Waals surface area contributed by atoms with Crippen LogP contribution in [0.2, 0.25) is 0 Å². The van der Waals surface area contributed by atoms with Gasteiger partial charge in [0.25, 0.3) is 11.1 Å². The van der Waals surface area contributed by atoms with Crippen molar-refractivity contribution in [3.8, 4) is 0 Å². The van der Waals surface area contributed by atoms with E-state index in [-0.39, 0.29) is 29.4 Å². The highest BCUT2D eigenvalue weighted by atomic mass is 19.1. The van der Waals surface area contributed by atoms with Crippen LogP contribution in [0.15, 0.2) is 64.2 Å². The van der Waals surface area contributed by atoms with Crippen LogP contribution in [0.1, 0.15) is 17.1 Å². The SMILES string of the molecule is Cc1nc2ccccc2c(=O)n1Cc1cc(=O)[nH]c(NCc2ccc(F)cc2)n1. The average Bonchev–Trinajstić information content (AvgIpc) is 2.70. The number of hydrogen-bond acceptors (Lipinski definition) is 5. The van der Waals surface area contributed by atoms with Crippen LogP contribution < -0.4 is 16.4 Å². The van der Waals surface area contributed by atoms with Gasteiger partial charge < -0.3 is 5.32 Å². The van der Waals surface area contributed by atoms with Gasteiger partial charge in [0, 0.05) is 12.6 Å². The van der Waals surface area contributed by atoms with Gasteiger partial charge in [-0.2, -0.15) is 0 Å². The number of fused-ring (bicyclic) bond motifs is 1. The third kappa shape index (κ3) is 4.06. The summed E-state index contributed by atoms with van der Waals surface area (Å²) in [6, 6.07) is 14.5. The van der Waals surface area contributed by atoms with Crippen molar-refractivity contribution < 1.29 is 4.39 Å². The Kier molecular flexibility index (Phi) is 4.90. The molecule has 146 valence electrons. The molecule has 2 aromatic heterocycles. The zero-order valence-corrected chi connectivity index (χ0v) is 15.6. The number of hydrogen-bond donors (Lipinski definition) is 2.